The fourth-order valence-corrected chi connectivity index (χ4v) is 1.56. The van der Waals surface area contributed by atoms with E-state index in [4.69, 9.17) is 5.11 Å². The van der Waals surface area contributed by atoms with Crippen LogP contribution in [0.25, 0.3) is 0 Å². The van der Waals surface area contributed by atoms with E-state index in [0.717, 1.165) is 6.42 Å². The van der Waals surface area contributed by atoms with Crippen LogP contribution in [0.1, 0.15) is 37.6 Å². The zero-order valence-electron chi connectivity index (χ0n) is 11.3. The predicted octanol–water partition coefficient (Wildman–Crippen LogP) is 3.14. The molecule has 1 aromatic carbocycles. The normalized spacial score (nSPS) is 11.1. The lowest BCUT2D eigenvalue weighted by Gasteiger charge is -2.18. The summed E-state index contributed by atoms with van der Waals surface area (Å²) in [5.74, 6) is -1.30. The summed E-state index contributed by atoms with van der Waals surface area (Å²) >= 11 is 0. The fraction of sp³-hybridized carbons (Fsp3) is 0.462. The first-order valence-electron chi connectivity index (χ1n) is 5.96. The molecule has 0 aliphatic carbocycles. The van der Waals surface area contributed by atoms with Crippen LogP contribution >= 0.6 is 0 Å². The van der Waals surface area contributed by atoms with E-state index in [1.807, 2.05) is 0 Å². The van der Waals surface area contributed by atoms with Crippen molar-refractivity contribution in [3.8, 4) is 0 Å². The number of hydrogen-bond acceptors (Lipinski definition) is 4. The summed E-state index contributed by atoms with van der Waals surface area (Å²) in [4.78, 5) is 21.0. The molecule has 104 valence electrons. The number of anilines is 1. The Morgan fingerprint density at radius 3 is 2.53 bits per heavy atom. The van der Waals surface area contributed by atoms with E-state index in [2.05, 4.69) is 26.1 Å². The van der Waals surface area contributed by atoms with Crippen LogP contribution in [-0.2, 0) is 0 Å². The molecule has 2 N–H and O–H groups in total. The summed E-state index contributed by atoms with van der Waals surface area (Å²) in [5, 5.41) is 22.8. The lowest BCUT2D eigenvalue weighted by molar-refractivity contribution is -0.385. The van der Waals surface area contributed by atoms with Crippen LogP contribution in [0.3, 0.4) is 0 Å². The van der Waals surface area contributed by atoms with Gasteiger partial charge in [0, 0.05) is 18.3 Å². The van der Waals surface area contributed by atoms with Crippen LogP contribution in [0.15, 0.2) is 18.2 Å². The number of carboxylic acids is 1. The van der Waals surface area contributed by atoms with Gasteiger partial charge in [-0.3, -0.25) is 10.1 Å². The average molecular weight is 266 g/mol. The van der Waals surface area contributed by atoms with Crippen molar-refractivity contribution in [2.24, 2.45) is 5.41 Å². The molecule has 0 saturated carbocycles. The van der Waals surface area contributed by atoms with E-state index in [1.54, 1.807) is 6.07 Å². The molecule has 0 heterocycles. The van der Waals surface area contributed by atoms with Crippen molar-refractivity contribution in [1.82, 2.24) is 0 Å². The van der Waals surface area contributed by atoms with Gasteiger partial charge in [0.25, 0.3) is 5.69 Å². The van der Waals surface area contributed by atoms with E-state index in [-0.39, 0.29) is 11.0 Å². The van der Waals surface area contributed by atoms with E-state index < -0.39 is 16.6 Å². The molecule has 0 spiro atoms. The highest BCUT2D eigenvalue weighted by atomic mass is 16.6. The smallest absolute Gasteiger partial charge is 0.342 e. The van der Waals surface area contributed by atoms with Gasteiger partial charge in [-0.1, -0.05) is 20.8 Å². The number of nitrogens with one attached hydrogen (secondary N) is 1. The Morgan fingerprint density at radius 2 is 2.05 bits per heavy atom. The summed E-state index contributed by atoms with van der Waals surface area (Å²) in [6, 6.07) is 4.05. The Labute approximate surface area is 111 Å². The Morgan fingerprint density at radius 1 is 1.42 bits per heavy atom. The second-order valence-electron chi connectivity index (χ2n) is 5.53. The van der Waals surface area contributed by atoms with Crippen LogP contribution in [-0.4, -0.2) is 22.5 Å². The number of carboxylic acid groups (broad SMARTS) is 1. The molecule has 0 bridgehead atoms. The Balaban J connectivity index is 2.85. The zero-order valence-corrected chi connectivity index (χ0v) is 11.3. The quantitative estimate of drug-likeness (QED) is 0.630. The molecule has 6 nitrogen and oxygen atoms in total. The molecule has 1 rings (SSSR count). The van der Waals surface area contributed by atoms with E-state index in [1.165, 1.54) is 12.1 Å². The van der Waals surface area contributed by atoms with Gasteiger partial charge in [0.15, 0.2) is 0 Å². The number of hydrogen-bond donors (Lipinski definition) is 2. The highest BCUT2D eigenvalue weighted by Gasteiger charge is 2.20. The van der Waals surface area contributed by atoms with Crippen LogP contribution in [0, 0.1) is 15.5 Å². The first kappa shape index (κ1) is 14.9. The number of nitro groups is 1. The lowest BCUT2D eigenvalue weighted by Crippen LogP contribution is -2.13. The van der Waals surface area contributed by atoms with Gasteiger partial charge in [0.2, 0.25) is 0 Å². The molecular weight excluding hydrogens is 248 g/mol. The standard InChI is InChI=1S/C13H18N2O4/c1-13(2,3)6-7-14-9-4-5-10(12(16)17)11(8-9)15(18)19/h4-5,8,14H,6-7H2,1-3H3,(H,16,17). The van der Waals surface area contributed by atoms with Crippen LogP contribution in [0.4, 0.5) is 11.4 Å². The van der Waals surface area contributed by atoms with E-state index in [0.29, 0.717) is 12.2 Å². The van der Waals surface area contributed by atoms with Crippen molar-refractivity contribution in [3.63, 3.8) is 0 Å². The van der Waals surface area contributed by atoms with Gasteiger partial charge in [-0.05, 0) is 24.0 Å². The Hall–Kier alpha value is -2.11. The summed E-state index contributed by atoms with van der Waals surface area (Å²) in [6.45, 7) is 6.98. The van der Waals surface area contributed by atoms with Crippen molar-refractivity contribution in [1.29, 1.82) is 0 Å². The molecule has 0 amide bonds. The first-order valence-corrected chi connectivity index (χ1v) is 5.96. The van der Waals surface area contributed by atoms with Crippen molar-refractivity contribution >= 4 is 17.3 Å². The maximum absolute atomic E-state index is 10.9. The highest BCUT2D eigenvalue weighted by Crippen LogP contribution is 2.24. The molecule has 6 heteroatoms. The van der Waals surface area contributed by atoms with Crippen molar-refractivity contribution in [2.45, 2.75) is 27.2 Å². The monoisotopic (exact) mass is 266 g/mol. The third-order valence-corrected chi connectivity index (χ3v) is 2.63. The minimum absolute atomic E-state index is 0.167. The maximum Gasteiger partial charge on any atom is 0.342 e. The number of carbonyl (C=O) groups is 1. The van der Waals surface area contributed by atoms with E-state index in [9.17, 15) is 14.9 Å². The summed E-state index contributed by atoms with van der Waals surface area (Å²) < 4.78 is 0. The fourth-order valence-electron chi connectivity index (χ4n) is 1.56. The summed E-state index contributed by atoms with van der Waals surface area (Å²) in [6.07, 6.45) is 0.904. The largest absolute Gasteiger partial charge is 0.477 e. The van der Waals surface area contributed by atoms with Crippen molar-refractivity contribution in [3.05, 3.63) is 33.9 Å². The Kier molecular flexibility index (Phi) is 4.47. The number of benzene rings is 1. The summed E-state index contributed by atoms with van der Waals surface area (Å²) in [7, 11) is 0. The van der Waals surface area contributed by atoms with Gasteiger partial charge in [-0.2, -0.15) is 0 Å². The molecule has 0 radical (unpaired) electrons. The molecule has 0 aromatic heterocycles. The summed E-state index contributed by atoms with van der Waals surface area (Å²) in [5.41, 5.74) is 0.0283. The highest BCUT2D eigenvalue weighted by molar-refractivity contribution is 5.93. The van der Waals surface area contributed by atoms with Crippen molar-refractivity contribution < 1.29 is 14.8 Å². The molecule has 1 aromatic rings. The SMILES string of the molecule is CC(C)(C)CCNc1ccc(C(=O)O)c([N+](=O)[O-])c1. The maximum atomic E-state index is 10.9. The number of nitrogens with zero attached hydrogens (tertiary/aromatic N) is 1. The minimum atomic E-state index is -1.30. The minimum Gasteiger partial charge on any atom is -0.477 e. The number of nitro benzene ring substituents is 1. The topological polar surface area (TPSA) is 92.5 Å². The second kappa shape index (κ2) is 5.69. The first-order chi connectivity index (χ1) is 8.70. The zero-order chi connectivity index (χ0) is 14.6. The van der Waals surface area contributed by atoms with Gasteiger partial charge in [-0.25, -0.2) is 4.79 Å². The molecular formula is C13H18N2O4. The van der Waals surface area contributed by atoms with Crippen molar-refractivity contribution in [2.75, 3.05) is 11.9 Å². The van der Waals surface area contributed by atoms with Gasteiger partial charge >= 0.3 is 5.97 Å². The van der Waals surface area contributed by atoms with Gasteiger partial charge in [0.1, 0.15) is 5.56 Å². The molecule has 0 fully saturated rings. The van der Waals surface area contributed by atoms with Gasteiger partial charge < -0.3 is 10.4 Å². The molecule has 0 unspecified atom stereocenters. The van der Waals surface area contributed by atoms with Crippen LogP contribution < -0.4 is 5.32 Å². The van der Waals surface area contributed by atoms with Crippen LogP contribution in [0.2, 0.25) is 0 Å². The molecule has 0 atom stereocenters. The molecule has 0 saturated heterocycles. The molecule has 0 aliphatic heterocycles. The molecule has 19 heavy (non-hydrogen) atoms. The average Bonchev–Trinajstić information content (AvgIpc) is 2.26. The van der Waals surface area contributed by atoms with Gasteiger partial charge in [0.05, 0.1) is 4.92 Å². The predicted molar refractivity (Wildman–Crippen MR) is 72.6 cm³/mol. The lowest BCUT2D eigenvalue weighted by atomic mass is 9.92. The third-order valence-electron chi connectivity index (χ3n) is 2.63. The number of rotatable bonds is 5. The van der Waals surface area contributed by atoms with Gasteiger partial charge in [-0.15, -0.1) is 0 Å². The second-order valence-corrected chi connectivity index (χ2v) is 5.53. The Bertz CT molecular complexity index is 492. The third kappa shape index (κ3) is 4.57. The van der Waals surface area contributed by atoms with E-state index >= 15 is 0 Å². The van der Waals surface area contributed by atoms with Crippen LogP contribution in [0.5, 0.6) is 0 Å². The molecule has 0 aliphatic rings. The number of aromatic carboxylic acids is 1.